The molecule has 0 atom stereocenters. The predicted octanol–water partition coefficient (Wildman–Crippen LogP) is 3.11. The number of nitrogens with zero attached hydrogens (tertiary/aromatic N) is 1. The summed E-state index contributed by atoms with van der Waals surface area (Å²) in [6.07, 6.45) is 4.00. The van der Waals surface area contributed by atoms with Gasteiger partial charge in [-0.2, -0.15) is 0 Å². The van der Waals surface area contributed by atoms with Gasteiger partial charge in [-0.15, -0.1) is 0 Å². The van der Waals surface area contributed by atoms with E-state index in [2.05, 4.69) is 15.6 Å². The summed E-state index contributed by atoms with van der Waals surface area (Å²) in [7, 11) is 1.64. The summed E-state index contributed by atoms with van der Waals surface area (Å²) >= 11 is 6.13. The number of aromatic nitrogens is 1. The van der Waals surface area contributed by atoms with Gasteiger partial charge in [0.05, 0.1) is 11.3 Å². The molecule has 5 nitrogen and oxygen atoms in total. The van der Waals surface area contributed by atoms with Crippen molar-refractivity contribution in [2.75, 3.05) is 25.6 Å². The number of hydrogen-bond donors (Lipinski definition) is 2. The lowest BCUT2D eigenvalue weighted by Crippen LogP contribution is -2.25. The standard InChI is InChI=1S/C17H20ClN3O2/c1-23-8-4-7-20-17(22)14-9-15(12-19-10-14)21-11-13-5-2-3-6-16(13)18/h2-3,5-6,9-10,12,21H,4,7-8,11H2,1H3,(H,20,22). The smallest absolute Gasteiger partial charge is 0.252 e. The van der Waals surface area contributed by atoms with Crippen molar-refractivity contribution in [1.29, 1.82) is 0 Å². The normalized spacial score (nSPS) is 10.3. The third-order valence-corrected chi connectivity index (χ3v) is 3.62. The molecule has 0 spiro atoms. The van der Waals surface area contributed by atoms with Crippen molar-refractivity contribution in [1.82, 2.24) is 10.3 Å². The number of benzene rings is 1. The topological polar surface area (TPSA) is 63.2 Å². The molecule has 2 N–H and O–H groups in total. The summed E-state index contributed by atoms with van der Waals surface area (Å²) in [6.45, 7) is 1.77. The molecule has 0 bridgehead atoms. The summed E-state index contributed by atoms with van der Waals surface area (Å²) in [5, 5.41) is 6.77. The van der Waals surface area contributed by atoms with Crippen LogP contribution >= 0.6 is 11.6 Å². The predicted molar refractivity (Wildman–Crippen MR) is 91.8 cm³/mol. The van der Waals surface area contributed by atoms with Gasteiger partial charge in [0.25, 0.3) is 5.91 Å². The first kappa shape index (κ1) is 17.2. The van der Waals surface area contributed by atoms with E-state index in [1.54, 1.807) is 25.6 Å². The molecule has 0 fully saturated rings. The van der Waals surface area contributed by atoms with Gasteiger partial charge in [-0.25, -0.2) is 0 Å². The van der Waals surface area contributed by atoms with Crippen molar-refractivity contribution < 1.29 is 9.53 Å². The van der Waals surface area contributed by atoms with E-state index in [9.17, 15) is 4.79 Å². The monoisotopic (exact) mass is 333 g/mol. The number of hydrogen-bond acceptors (Lipinski definition) is 4. The molecular weight excluding hydrogens is 314 g/mol. The lowest BCUT2D eigenvalue weighted by Gasteiger charge is -2.09. The molecule has 0 aliphatic carbocycles. The van der Waals surface area contributed by atoms with Gasteiger partial charge in [0.2, 0.25) is 0 Å². The highest BCUT2D eigenvalue weighted by Gasteiger charge is 2.07. The second-order valence-corrected chi connectivity index (χ2v) is 5.42. The molecule has 122 valence electrons. The highest BCUT2D eigenvalue weighted by atomic mass is 35.5. The fourth-order valence-corrected chi connectivity index (χ4v) is 2.22. The maximum absolute atomic E-state index is 12.0. The number of carbonyl (C=O) groups is 1. The number of anilines is 1. The van der Waals surface area contributed by atoms with Crippen LogP contribution in [0.1, 0.15) is 22.3 Å². The summed E-state index contributed by atoms with van der Waals surface area (Å²) < 4.78 is 4.95. The number of nitrogens with one attached hydrogen (secondary N) is 2. The van der Waals surface area contributed by atoms with E-state index < -0.39 is 0 Å². The van der Waals surface area contributed by atoms with Crippen LogP contribution in [-0.2, 0) is 11.3 Å². The molecule has 0 aliphatic rings. The molecule has 0 saturated heterocycles. The van der Waals surface area contributed by atoms with E-state index in [4.69, 9.17) is 16.3 Å². The second kappa shape index (κ2) is 9.12. The van der Waals surface area contributed by atoms with E-state index in [1.165, 1.54) is 0 Å². The number of methoxy groups -OCH3 is 1. The van der Waals surface area contributed by atoms with Crippen LogP contribution < -0.4 is 10.6 Å². The summed E-state index contributed by atoms with van der Waals surface area (Å²) in [5.41, 5.74) is 2.28. The average Bonchev–Trinajstić information content (AvgIpc) is 2.58. The maximum Gasteiger partial charge on any atom is 0.252 e. The average molecular weight is 334 g/mol. The van der Waals surface area contributed by atoms with E-state index in [-0.39, 0.29) is 5.91 Å². The molecule has 0 radical (unpaired) electrons. The third-order valence-electron chi connectivity index (χ3n) is 3.25. The van der Waals surface area contributed by atoms with Crippen LogP contribution in [0.3, 0.4) is 0 Å². The van der Waals surface area contributed by atoms with Gasteiger partial charge in [-0.1, -0.05) is 29.8 Å². The summed E-state index contributed by atoms with van der Waals surface area (Å²) in [6, 6.07) is 9.40. The molecule has 23 heavy (non-hydrogen) atoms. The summed E-state index contributed by atoms with van der Waals surface area (Å²) in [4.78, 5) is 16.2. The quantitative estimate of drug-likeness (QED) is 0.729. The minimum atomic E-state index is -0.144. The number of rotatable bonds is 8. The van der Waals surface area contributed by atoms with Crippen LogP contribution in [0, 0.1) is 0 Å². The molecule has 2 rings (SSSR count). The minimum Gasteiger partial charge on any atom is -0.385 e. The second-order valence-electron chi connectivity index (χ2n) is 5.01. The van der Waals surface area contributed by atoms with Crippen molar-refractivity contribution in [2.24, 2.45) is 0 Å². The molecule has 1 aromatic carbocycles. The number of pyridine rings is 1. The Morgan fingerprint density at radius 1 is 1.30 bits per heavy atom. The lowest BCUT2D eigenvalue weighted by molar-refractivity contribution is 0.0948. The van der Waals surface area contributed by atoms with E-state index in [0.29, 0.717) is 30.3 Å². The first-order valence-corrected chi connectivity index (χ1v) is 7.78. The van der Waals surface area contributed by atoms with Gasteiger partial charge in [0.15, 0.2) is 0 Å². The number of ether oxygens (including phenoxy) is 1. The highest BCUT2D eigenvalue weighted by molar-refractivity contribution is 6.31. The van der Waals surface area contributed by atoms with Crippen molar-refractivity contribution in [3.63, 3.8) is 0 Å². The Morgan fingerprint density at radius 3 is 2.91 bits per heavy atom. The molecule has 1 aromatic heterocycles. The Balaban J connectivity index is 1.91. The van der Waals surface area contributed by atoms with Gasteiger partial charge in [-0.3, -0.25) is 9.78 Å². The van der Waals surface area contributed by atoms with Crippen LogP contribution in [0.2, 0.25) is 5.02 Å². The van der Waals surface area contributed by atoms with Crippen molar-refractivity contribution in [3.05, 3.63) is 58.9 Å². The maximum atomic E-state index is 12.0. The summed E-state index contributed by atoms with van der Waals surface area (Å²) in [5.74, 6) is -0.144. The van der Waals surface area contributed by atoms with Gasteiger partial charge in [0.1, 0.15) is 0 Å². The van der Waals surface area contributed by atoms with Gasteiger partial charge in [-0.05, 0) is 24.1 Å². The molecule has 6 heteroatoms. The highest BCUT2D eigenvalue weighted by Crippen LogP contribution is 2.17. The lowest BCUT2D eigenvalue weighted by atomic mass is 10.2. The van der Waals surface area contributed by atoms with Crippen LogP contribution in [0.25, 0.3) is 0 Å². The Bertz CT molecular complexity index is 649. The van der Waals surface area contributed by atoms with Gasteiger partial charge >= 0.3 is 0 Å². The fourth-order valence-electron chi connectivity index (χ4n) is 2.02. The van der Waals surface area contributed by atoms with Crippen molar-refractivity contribution in [2.45, 2.75) is 13.0 Å². The SMILES string of the molecule is COCCCNC(=O)c1cncc(NCc2ccccc2Cl)c1. The first-order chi connectivity index (χ1) is 11.2. The van der Waals surface area contributed by atoms with Gasteiger partial charge in [0, 0.05) is 44.2 Å². The Hall–Kier alpha value is -2.11. The Morgan fingerprint density at radius 2 is 2.13 bits per heavy atom. The molecular formula is C17H20ClN3O2. The number of amides is 1. The van der Waals surface area contributed by atoms with Crippen LogP contribution in [0.15, 0.2) is 42.7 Å². The molecule has 1 amide bonds. The van der Waals surface area contributed by atoms with E-state index in [0.717, 1.165) is 17.7 Å². The van der Waals surface area contributed by atoms with Crippen LogP contribution in [0.4, 0.5) is 5.69 Å². The molecule has 2 aromatic rings. The molecule has 1 heterocycles. The van der Waals surface area contributed by atoms with Crippen molar-refractivity contribution >= 4 is 23.2 Å². The fraction of sp³-hybridized carbons (Fsp3) is 0.294. The number of carbonyl (C=O) groups excluding carboxylic acids is 1. The van der Waals surface area contributed by atoms with Crippen molar-refractivity contribution in [3.8, 4) is 0 Å². The zero-order valence-corrected chi connectivity index (χ0v) is 13.8. The molecule has 0 aliphatic heterocycles. The Kier molecular flexibility index (Phi) is 6.84. The largest absolute Gasteiger partial charge is 0.385 e. The first-order valence-electron chi connectivity index (χ1n) is 7.40. The van der Waals surface area contributed by atoms with Crippen LogP contribution in [-0.4, -0.2) is 31.2 Å². The van der Waals surface area contributed by atoms with Crippen LogP contribution in [0.5, 0.6) is 0 Å². The zero-order valence-electron chi connectivity index (χ0n) is 13.0. The minimum absolute atomic E-state index is 0.144. The van der Waals surface area contributed by atoms with E-state index in [1.807, 2.05) is 24.3 Å². The Labute approximate surface area is 141 Å². The molecule has 0 saturated carbocycles. The van der Waals surface area contributed by atoms with E-state index >= 15 is 0 Å². The van der Waals surface area contributed by atoms with Gasteiger partial charge < -0.3 is 15.4 Å². The molecule has 0 unspecified atom stereocenters. The number of halogens is 1. The third kappa shape index (κ3) is 5.54. The zero-order chi connectivity index (χ0) is 16.5.